The van der Waals surface area contributed by atoms with E-state index in [4.69, 9.17) is 9.72 Å². The van der Waals surface area contributed by atoms with Gasteiger partial charge in [0.1, 0.15) is 0 Å². The smallest absolute Gasteiger partial charge is 0.339 e. The summed E-state index contributed by atoms with van der Waals surface area (Å²) in [5, 5.41) is 0.619. The van der Waals surface area contributed by atoms with Crippen molar-refractivity contribution in [3.8, 4) is 11.3 Å². The Bertz CT molecular complexity index is 1480. The molecule has 2 saturated carbocycles. The van der Waals surface area contributed by atoms with Crippen molar-refractivity contribution >= 4 is 40.2 Å². The number of para-hydroxylation sites is 1. The molecule has 7 heteroatoms. The van der Waals surface area contributed by atoms with Crippen LogP contribution in [0.4, 0.5) is 5.69 Å². The number of aromatic nitrogens is 1. The Balaban J connectivity index is 1.34. The summed E-state index contributed by atoms with van der Waals surface area (Å²) in [7, 11) is 0. The summed E-state index contributed by atoms with van der Waals surface area (Å²) in [5.74, 6) is -0.720. The van der Waals surface area contributed by atoms with Crippen molar-refractivity contribution in [3.05, 3.63) is 60.2 Å². The van der Waals surface area contributed by atoms with E-state index in [-0.39, 0.29) is 36.0 Å². The second kappa shape index (κ2) is 8.86. The molecule has 6 rings (SSSR count). The maximum absolute atomic E-state index is 13.4. The van der Waals surface area contributed by atoms with Crippen molar-refractivity contribution < 1.29 is 23.9 Å². The van der Waals surface area contributed by atoms with E-state index in [1.165, 1.54) is 4.90 Å². The summed E-state index contributed by atoms with van der Waals surface area (Å²) in [6.07, 6.45) is 3.04. The van der Waals surface area contributed by atoms with Crippen LogP contribution in [0.1, 0.15) is 50.4 Å². The van der Waals surface area contributed by atoms with Gasteiger partial charge in [0.15, 0.2) is 12.4 Å². The van der Waals surface area contributed by atoms with Crippen molar-refractivity contribution in [3.63, 3.8) is 0 Å². The molecule has 2 bridgehead atoms. The summed E-state index contributed by atoms with van der Waals surface area (Å²) in [5.41, 5.74) is 2.00. The second-order valence-corrected chi connectivity index (χ2v) is 11.8. The number of imide groups is 1. The fourth-order valence-electron chi connectivity index (χ4n) is 6.39. The van der Waals surface area contributed by atoms with Crippen molar-refractivity contribution in [2.24, 2.45) is 29.1 Å². The number of ether oxygens (including phenoxy) is 1. The first kappa shape index (κ1) is 24.5. The molecule has 0 unspecified atom stereocenters. The van der Waals surface area contributed by atoms with Crippen LogP contribution in [0.15, 0.2) is 54.6 Å². The molecular formula is C31H30N2O5. The van der Waals surface area contributed by atoms with E-state index < -0.39 is 11.4 Å². The second-order valence-electron chi connectivity index (χ2n) is 11.8. The number of nitrogens with zero attached hydrogens (tertiary/aromatic N) is 2. The van der Waals surface area contributed by atoms with Crippen LogP contribution in [0, 0.1) is 29.1 Å². The van der Waals surface area contributed by atoms with Crippen LogP contribution in [0.3, 0.4) is 0 Å². The van der Waals surface area contributed by atoms with Gasteiger partial charge >= 0.3 is 5.97 Å². The molecule has 3 aliphatic rings. The Labute approximate surface area is 221 Å². The molecule has 2 heterocycles. The molecule has 1 aliphatic heterocycles. The lowest BCUT2D eigenvalue weighted by Crippen LogP contribution is -2.32. The minimum Gasteiger partial charge on any atom is -0.454 e. The number of hydrogen-bond acceptors (Lipinski definition) is 6. The fraction of sp³-hybridized carbons (Fsp3) is 0.387. The van der Waals surface area contributed by atoms with E-state index >= 15 is 0 Å². The van der Waals surface area contributed by atoms with Crippen LogP contribution in [0.5, 0.6) is 0 Å². The van der Waals surface area contributed by atoms with Gasteiger partial charge < -0.3 is 4.74 Å². The van der Waals surface area contributed by atoms with Gasteiger partial charge in [-0.3, -0.25) is 19.3 Å². The molecule has 3 aromatic rings. The number of rotatable bonds is 5. The molecule has 1 saturated heterocycles. The lowest BCUT2D eigenvalue weighted by atomic mass is 9.81. The summed E-state index contributed by atoms with van der Waals surface area (Å²) >= 11 is 0. The lowest BCUT2D eigenvalue weighted by Gasteiger charge is -2.19. The summed E-state index contributed by atoms with van der Waals surface area (Å²) in [6.45, 7) is 5.03. The first-order valence-corrected chi connectivity index (χ1v) is 13.2. The van der Waals surface area contributed by atoms with Crippen LogP contribution < -0.4 is 4.90 Å². The maximum atomic E-state index is 13.4. The highest BCUT2D eigenvalue weighted by molar-refractivity contribution is 6.22. The van der Waals surface area contributed by atoms with Gasteiger partial charge in [-0.25, -0.2) is 9.78 Å². The number of ketones is 1. The molecule has 2 aromatic carbocycles. The molecule has 3 fully saturated rings. The molecule has 4 atom stereocenters. The Morgan fingerprint density at radius 3 is 2.32 bits per heavy atom. The molecular weight excluding hydrogens is 480 g/mol. The molecule has 38 heavy (non-hydrogen) atoms. The van der Waals surface area contributed by atoms with Crippen LogP contribution in [0.25, 0.3) is 22.2 Å². The third kappa shape index (κ3) is 3.92. The van der Waals surface area contributed by atoms with E-state index in [0.29, 0.717) is 45.2 Å². The monoisotopic (exact) mass is 510 g/mol. The molecule has 0 N–H and O–H groups in total. The van der Waals surface area contributed by atoms with Crippen molar-refractivity contribution in [1.29, 1.82) is 0 Å². The molecule has 0 spiro atoms. The standard InChI is InChI=1S/C31H30N2O5/c1-31(2,3)25(34)16-38-30(37)22-15-24(32-23-10-5-4-9-21(22)23)17-7-6-8-20(14-17)33-28(35)26-18-11-12-19(13-18)27(26)29(33)36/h4-10,14-15,18-19,26-27H,11-13,16H2,1-3H3/t18-,19-,26-,27+/m0/s1. The summed E-state index contributed by atoms with van der Waals surface area (Å²) in [6, 6.07) is 16.1. The fourth-order valence-corrected chi connectivity index (χ4v) is 6.39. The summed E-state index contributed by atoms with van der Waals surface area (Å²) < 4.78 is 5.40. The van der Waals surface area contributed by atoms with Crippen LogP contribution in [-0.2, 0) is 19.1 Å². The number of fused-ring (bicyclic) bond motifs is 6. The summed E-state index contributed by atoms with van der Waals surface area (Å²) in [4.78, 5) is 58.3. The number of hydrogen-bond donors (Lipinski definition) is 0. The average molecular weight is 511 g/mol. The quantitative estimate of drug-likeness (QED) is 0.346. The molecule has 1 aromatic heterocycles. The number of amides is 2. The van der Waals surface area contributed by atoms with E-state index in [0.717, 1.165) is 19.3 Å². The molecule has 2 aliphatic carbocycles. The SMILES string of the molecule is CC(C)(C)C(=O)COC(=O)c1cc(-c2cccc(N3C(=O)[C@@H]4[C@H]5CC[C@@H](C5)[C@@H]4C3=O)c2)nc2ccccc12. The van der Waals surface area contributed by atoms with Gasteiger partial charge in [0, 0.05) is 16.4 Å². The van der Waals surface area contributed by atoms with E-state index in [1.807, 2.05) is 24.3 Å². The number of carbonyl (C=O) groups excluding carboxylic acids is 4. The van der Waals surface area contributed by atoms with Crippen LogP contribution in [-0.4, -0.2) is 35.2 Å². The van der Waals surface area contributed by atoms with Crippen molar-refractivity contribution in [2.75, 3.05) is 11.5 Å². The van der Waals surface area contributed by atoms with Gasteiger partial charge in [-0.05, 0) is 55.4 Å². The number of Topliss-reactive ketones (excluding diaryl/α,β-unsaturated/α-hetero) is 1. The predicted molar refractivity (Wildman–Crippen MR) is 142 cm³/mol. The number of anilines is 1. The first-order chi connectivity index (χ1) is 18.1. The number of pyridine rings is 1. The zero-order valence-corrected chi connectivity index (χ0v) is 21.8. The zero-order chi connectivity index (χ0) is 26.8. The van der Waals surface area contributed by atoms with Crippen molar-refractivity contribution in [2.45, 2.75) is 40.0 Å². The van der Waals surface area contributed by atoms with Gasteiger partial charge in [0.2, 0.25) is 11.8 Å². The zero-order valence-electron chi connectivity index (χ0n) is 21.8. The molecule has 0 radical (unpaired) electrons. The number of esters is 1. The minimum absolute atomic E-state index is 0.0939. The lowest BCUT2D eigenvalue weighted by molar-refractivity contribution is -0.129. The highest BCUT2D eigenvalue weighted by atomic mass is 16.5. The Kier molecular flexibility index (Phi) is 5.70. The molecule has 194 valence electrons. The van der Waals surface area contributed by atoms with Gasteiger partial charge in [-0.15, -0.1) is 0 Å². The maximum Gasteiger partial charge on any atom is 0.339 e. The number of benzene rings is 2. The predicted octanol–water partition coefficient (Wildman–Crippen LogP) is 5.21. The largest absolute Gasteiger partial charge is 0.454 e. The van der Waals surface area contributed by atoms with Gasteiger partial charge in [-0.1, -0.05) is 51.1 Å². The Morgan fingerprint density at radius 1 is 0.947 bits per heavy atom. The van der Waals surface area contributed by atoms with Gasteiger partial charge in [0.05, 0.1) is 34.3 Å². The Morgan fingerprint density at radius 2 is 1.63 bits per heavy atom. The van der Waals surface area contributed by atoms with E-state index in [9.17, 15) is 19.2 Å². The third-order valence-corrected chi connectivity index (χ3v) is 8.43. The first-order valence-electron chi connectivity index (χ1n) is 13.2. The molecule has 7 nitrogen and oxygen atoms in total. The van der Waals surface area contributed by atoms with Crippen LogP contribution in [0.2, 0.25) is 0 Å². The van der Waals surface area contributed by atoms with Gasteiger partial charge in [0.25, 0.3) is 0 Å². The highest BCUT2D eigenvalue weighted by Crippen LogP contribution is 2.56. The average Bonchev–Trinajstić information content (AvgIpc) is 3.59. The van der Waals surface area contributed by atoms with Crippen LogP contribution >= 0.6 is 0 Å². The molecule has 2 amide bonds. The number of carbonyl (C=O) groups is 4. The minimum atomic E-state index is -0.616. The normalized spacial score (nSPS) is 24.2. The Hall–Kier alpha value is -3.87. The van der Waals surface area contributed by atoms with E-state index in [1.54, 1.807) is 51.1 Å². The van der Waals surface area contributed by atoms with E-state index in [2.05, 4.69) is 0 Å². The van der Waals surface area contributed by atoms with Crippen molar-refractivity contribution in [1.82, 2.24) is 4.98 Å². The highest BCUT2D eigenvalue weighted by Gasteiger charge is 2.61. The third-order valence-electron chi connectivity index (χ3n) is 8.43. The van der Waals surface area contributed by atoms with Gasteiger partial charge in [-0.2, -0.15) is 0 Å². The topological polar surface area (TPSA) is 93.6 Å².